The molecule has 0 saturated carbocycles. The molecule has 30 heavy (non-hydrogen) atoms. The van der Waals surface area contributed by atoms with Crippen molar-refractivity contribution < 1.29 is 23.4 Å². The third-order valence-electron chi connectivity index (χ3n) is 4.54. The van der Waals surface area contributed by atoms with Gasteiger partial charge in [-0.1, -0.05) is 39.3 Å². The summed E-state index contributed by atoms with van der Waals surface area (Å²) in [5.41, 5.74) is 1.19. The van der Waals surface area contributed by atoms with Crippen LogP contribution in [-0.2, 0) is 9.53 Å². The Labute approximate surface area is 175 Å². The molecule has 0 aliphatic rings. The maximum Gasteiger partial charge on any atom is 0.344 e. The topological polar surface area (TPSA) is 75.0 Å². The Morgan fingerprint density at radius 3 is 2.43 bits per heavy atom. The quantitative estimate of drug-likeness (QED) is 0.210. The zero-order valence-electron chi connectivity index (χ0n) is 17.5. The van der Waals surface area contributed by atoms with Gasteiger partial charge in [0.25, 0.3) is 0 Å². The fourth-order valence-corrected chi connectivity index (χ4v) is 2.77. The highest BCUT2D eigenvalue weighted by atomic mass is 16.7. The van der Waals surface area contributed by atoms with E-state index in [1.54, 1.807) is 38.1 Å². The molecule has 0 aliphatic carbocycles. The maximum absolute atomic E-state index is 12.5. The van der Waals surface area contributed by atoms with Crippen molar-refractivity contribution in [1.29, 1.82) is 0 Å². The first kappa shape index (κ1) is 21.4. The van der Waals surface area contributed by atoms with Crippen molar-refractivity contribution in [2.75, 3.05) is 13.4 Å². The molecule has 1 heterocycles. The van der Waals surface area contributed by atoms with Crippen molar-refractivity contribution in [3.05, 3.63) is 59.0 Å². The molecule has 0 N–H and O–H groups in total. The average molecular weight is 410 g/mol. The molecule has 3 rings (SSSR count). The van der Waals surface area contributed by atoms with E-state index in [0.717, 1.165) is 29.5 Å². The Morgan fingerprint density at radius 1 is 1.00 bits per heavy atom. The molecule has 6 nitrogen and oxygen atoms in total. The van der Waals surface area contributed by atoms with Crippen LogP contribution < -0.4 is 15.1 Å². The van der Waals surface area contributed by atoms with Gasteiger partial charge in [-0.15, -0.1) is 0 Å². The third-order valence-corrected chi connectivity index (χ3v) is 4.54. The van der Waals surface area contributed by atoms with Gasteiger partial charge in [-0.25, -0.2) is 4.79 Å². The zero-order valence-corrected chi connectivity index (χ0v) is 17.5. The average Bonchev–Trinajstić information content (AvgIpc) is 2.74. The van der Waals surface area contributed by atoms with Gasteiger partial charge in [-0.05, 0) is 42.3 Å². The lowest BCUT2D eigenvalue weighted by molar-refractivity contribution is -0.153. The lowest BCUT2D eigenvalue weighted by Crippen LogP contribution is -2.15. The van der Waals surface area contributed by atoms with Gasteiger partial charge in [0.2, 0.25) is 6.79 Å². The summed E-state index contributed by atoms with van der Waals surface area (Å²) in [6.45, 7) is 6.09. The first-order valence-corrected chi connectivity index (χ1v) is 10.1. The SMILES string of the molecule is CCCCOc1ccc(-c2cc3ccc(OCOC(=O)C(C)C)cc3oc2=O)cc1. The number of unbranched alkanes of at least 4 members (excludes halogenated alkanes) is 1. The predicted molar refractivity (Wildman–Crippen MR) is 115 cm³/mol. The Balaban J connectivity index is 1.74. The Bertz CT molecular complexity index is 1050. The molecule has 0 atom stereocenters. The van der Waals surface area contributed by atoms with Crippen LogP contribution in [0.3, 0.4) is 0 Å². The monoisotopic (exact) mass is 410 g/mol. The molecule has 0 spiro atoms. The van der Waals surface area contributed by atoms with Crippen molar-refractivity contribution in [1.82, 2.24) is 0 Å². The van der Waals surface area contributed by atoms with Gasteiger partial charge in [-0.3, -0.25) is 4.79 Å². The van der Waals surface area contributed by atoms with E-state index in [4.69, 9.17) is 18.6 Å². The number of carbonyl (C=O) groups excluding carboxylic acids is 1. The van der Waals surface area contributed by atoms with Crippen molar-refractivity contribution in [3.8, 4) is 22.6 Å². The summed E-state index contributed by atoms with van der Waals surface area (Å²) in [6, 6.07) is 14.3. The van der Waals surface area contributed by atoms with Gasteiger partial charge >= 0.3 is 11.6 Å². The number of rotatable bonds is 9. The molecule has 0 aliphatic heterocycles. The molecule has 0 fully saturated rings. The molecule has 1 aromatic heterocycles. The molecule has 0 amide bonds. The van der Waals surface area contributed by atoms with Crippen LogP contribution in [0.5, 0.6) is 11.5 Å². The van der Waals surface area contributed by atoms with Crippen molar-refractivity contribution in [2.45, 2.75) is 33.6 Å². The summed E-state index contributed by atoms with van der Waals surface area (Å²) in [4.78, 5) is 24.0. The Kier molecular flexibility index (Phi) is 7.12. The predicted octanol–water partition coefficient (Wildman–Crippen LogP) is 5.17. The minimum Gasteiger partial charge on any atom is -0.494 e. The van der Waals surface area contributed by atoms with Crippen LogP contribution in [0.1, 0.15) is 33.6 Å². The van der Waals surface area contributed by atoms with Gasteiger partial charge in [0.1, 0.15) is 17.1 Å². The van der Waals surface area contributed by atoms with E-state index >= 15 is 0 Å². The maximum atomic E-state index is 12.5. The minimum atomic E-state index is -0.439. The number of esters is 1. The number of carbonyl (C=O) groups is 1. The summed E-state index contributed by atoms with van der Waals surface area (Å²) in [6.07, 6.45) is 2.08. The van der Waals surface area contributed by atoms with E-state index in [2.05, 4.69) is 6.92 Å². The van der Waals surface area contributed by atoms with Crippen LogP contribution in [0.15, 0.2) is 57.7 Å². The summed E-state index contributed by atoms with van der Waals surface area (Å²) >= 11 is 0. The van der Waals surface area contributed by atoms with Crippen LogP contribution in [0, 0.1) is 5.92 Å². The zero-order chi connectivity index (χ0) is 21.5. The normalized spacial score (nSPS) is 10.9. The van der Waals surface area contributed by atoms with Gasteiger partial charge in [-0.2, -0.15) is 0 Å². The highest BCUT2D eigenvalue weighted by Gasteiger charge is 2.11. The second-order valence-corrected chi connectivity index (χ2v) is 7.25. The number of benzene rings is 2. The molecule has 158 valence electrons. The van der Waals surface area contributed by atoms with Gasteiger partial charge in [0, 0.05) is 11.5 Å². The van der Waals surface area contributed by atoms with Crippen molar-refractivity contribution in [2.24, 2.45) is 5.92 Å². The highest BCUT2D eigenvalue weighted by molar-refractivity contribution is 5.82. The second-order valence-electron chi connectivity index (χ2n) is 7.25. The number of fused-ring (bicyclic) bond motifs is 1. The molecule has 0 bridgehead atoms. The van der Waals surface area contributed by atoms with Crippen LogP contribution in [-0.4, -0.2) is 19.4 Å². The lowest BCUT2D eigenvalue weighted by Gasteiger charge is -2.10. The molecule has 0 saturated heterocycles. The van der Waals surface area contributed by atoms with Crippen molar-refractivity contribution >= 4 is 16.9 Å². The van der Waals surface area contributed by atoms with Crippen molar-refractivity contribution in [3.63, 3.8) is 0 Å². The van der Waals surface area contributed by atoms with Gasteiger partial charge < -0.3 is 18.6 Å². The molecular formula is C24H26O6. The molecule has 0 radical (unpaired) electrons. The summed E-state index contributed by atoms with van der Waals surface area (Å²) in [5, 5.41) is 0.763. The molecular weight excluding hydrogens is 384 g/mol. The fraction of sp³-hybridized carbons (Fsp3) is 0.333. The minimum absolute atomic E-state index is 0.197. The third kappa shape index (κ3) is 5.41. The number of ether oxygens (including phenoxy) is 3. The number of hydrogen-bond donors (Lipinski definition) is 0. The van der Waals surface area contributed by atoms with E-state index in [0.29, 0.717) is 23.5 Å². The molecule has 6 heteroatoms. The molecule has 0 unspecified atom stereocenters. The summed E-state index contributed by atoms with van der Waals surface area (Å²) in [7, 11) is 0. The van der Waals surface area contributed by atoms with E-state index in [1.165, 1.54) is 0 Å². The van der Waals surface area contributed by atoms with E-state index in [-0.39, 0.29) is 18.7 Å². The fourth-order valence-electron chi connectivity index (χ4n) is 2.77. The van der Waals surface area contributed by atoms with E-state index in [1.807, 2.05) is 24.3 Å². The Hall–Kier alpha value is -3.28. The summed E-state index contributed by atoms with van der Waals surface area (Å²) in [5.74, 6) is 0.660. The largest absolute Gasteiger partial charge is 0.494 e. The van der Waals surface area contributed by atoms with Crippen LogP contribution in [0.4, 0.5) is 0 Å². The second kappa shape index (κ2) is 9.96. The lowest BCUT2D eigenvalue weighted by atomic mass is 10.1. The smallest absolute Gasteiger partial charge is 0.344 e. The molecule has 3 aromatic rings. The standard InChI is InChI=1S/C24H26O6/c1-4-5-12-27-19-9-6-17(7-10-19)21-13-18-8-11-20(14-22(18)30-24(21)26)28-15-29-23(25)16(2)3/h6-11,13-14,16H,4-5,12,15H2,1-3H3. The van der Waals surface area contributed by atoms with Crippen LogP contribution >= 0.6 is 0 Å². The summed E-state index contributed by atoms with van der Waals surface area (Å²) < 4.78 is 21.6. The first-order valence-electron chi connectivity index (χ1n) is 10.1. The first-order chi connectivity index (χ1) is 14.5. The van der Waals surface area contributed by atoms with Gasteiger partial charge in [0.05, 0.1) is 18.1 Å². The highest BCUT2D eigenvalue weighted by Crippen LogP contribution is 2.26. The molecule has 2 aromatic carbocycles. The van der Waals surface area contributed by atoms with E-state index in [9.17, 15) is 9.59 Å². The van der Waals surface area contributed by atoms with Crippen LogP contribution in [0.25, 0.3) is 22.1 Å². The Morgan fingerprint density at radius 2 is 1.73 bits per heavy atom. The van der Waals surface area contributed by atoms with Gasteiger partial charge in [0.15, 0.2) is 0 Å². The number of hydrogen-bond acceptors (Lipinski definition) is 6. The van der Waals surface area contributed by atoms with Crippen LogP contribution in [0.2, 0.25) is 0 Å². The van der Waals surface area contributed by atoms with E-state index < -0.39 is 5.63 Å².